The Morgan fingerprint density at radius 2 is 1.82 bits per heavy atom. The Morgan fingerprint density at radius 1 is 1.06 bits per heavy atom. The van der Waals surface area contributed by atoms with Gasteiger partial charge in [-0.2, -0.15) is 4.52 Å². The van der Waals surface area contributed by atoms with Crippen LogP contribution in [-0.2, 0) is 0 Å². The third-order valence-electron chi connectivity index (χ3n) is 2.10. The summed E-state index contributed by atoms with van der Waals surface area (Å²) >= 11 is 0. The lowest BCUT2D eigenvalue weighted by Gasteiger charge is -2.04. The van der Waals surface area contributed by atoms with Gasteiger partial charge in [0.25, 0.3) is 0 Å². The van der Waals surface area contributed by atoms with Gasteiger partial charge in [0.2, 0.25) is 5.88 Å². The topological polar surface area (TPSA) is 61.5 Å². The van der Waals surface area contributed by atoms with Crippen molar-refractivity contribution in [2.45, 2.75) is 26.7 Å². The van der Waals surface area contributed by atoms with Gasteiger partial charge in [0.15, 0.2) is 5.65 Å². The summed E-state index contributed by atoms with van der Waals surface area (Å²) in [7, 11) is 0. The molecule has 0 aromatic carbocycles. The van der Waals surface area contributed by atoms with Crippen LogP contribution >= 0.6 is 0 Å². The SMILES string of the molecule is CCCOc1ccc2nnc(OCCC)n2n1. The van der Waals surface area contributed by atoms with Crippen LogP contribution in [0.15, 0.2) is 12.1 Å². The molecule has 2 heterocycles. The molecule has 0 unspecified atom stereocenters. The minimum atomic E-state index is 0.406. The summed E-state index contributed by atoms with van der Waals surface area (Å²) in [5, 5.41) is 12.2. The first-order valence-corrected chi connectivity index (χ1v) is 5.83. The van der Waals surface area contributed by atoms with Gasteiger partial charge in [-0.25, -0.2) is 0 Å². The Labute approximate surface area is 99.6 Å². The maximum atomic E-state index is 5.45. The first-order valence-electron chi connectivity index (χ1n) is 5.83. The van der Waals surface area contributed by atoms with E-state index in [9.17, 15) is 0 Å². The van der Waals surface area contributed by atoms with E-state index < -0.39 is 0 Å². The van der Waals surface area contributed by atoms with Gasteiger partial charge >= 0.3 is 6.01 Å². The molecule has 0 aliphatic rings. The fourth-order valence-corrected chi connectivity index (χ4v) is 1.32. The summed E-state index contributed by atoms with van der Waals surface area (Å²) in [5.74, 6) is 0.556. The highest BCUT2D eigenvalue weighted by Gasteiger charge is 2.08. The van der Waals surface area contributed by atoms with Crippen molar-refractivity contribution in [3.8, 4) is 11.9 Å². The molecule has 2 aromatic heterocycles. The molecule has 17 heavy (non-hydrogen) atoms. The third kappa shape index (κ3) is 2.64. The van der Waals surface area contributed by atoms with Crippen LogP contribution in [0.5, 0.6) is 11.9 Å². The largest absolute Gasteiger partial charge is 0.477 e. The van der Waals surface area contributed by atoms with Crippen molar-refractivity contribution in [3.63, 3.8) is 0 Å². The van der Waals surface area contributed by atoms with Gasteiger partial charge in [-0.1, -0.05) is 18.9 Å². The highest BCUT2D eigenvalue weighted by atomic mass is 16.5. The third-order valence-corrected chi connectivity index (χ3v) is 2.10. The van der Waals surface area contributed by atoms with Crippen LogP contribution in [0, 0.1) is 0 Å². The van der Waals surface area contributed by atoms with E-state index in [0.29, 0.717) is 30.8 Å². The lowest BCUT2D eigenvalue weighted by atomic mass is 10.5. The predicted octanol–water partition coefficient (Wildman–Crippen LogP) is 1.70. The van der Waals surface area contributed by atoms with Gasteiger partial charge in [-0.15, -0.1) is 10.2 Å². The Balaban J connectivity index is 2.23. The second-order valence-electron chi connectivity index (χ2n) is 3.62. The Morgan fingerprint density at radius 3 is 2.59 bits per heavy atom. The zero-order chi connectivity index (χ0) is 12.1. The molecule has 2 rings (SSSR count). The van der Waals surface area contributed by atoms with Crippen molar-refractivity contribution in [2.24, 2.45) is 0 Å². The fourth-order valence-electron chi connectivity index (χ4n) is 1.32. The van der Waals surface area contributed by atoms with E-state index in [2.05, 4.69) is 15.3 Å². The highest BCUT2D eigenvalue weighted by molar-refractivity contribution is 5.38. The number of hydrogen-bond donors (Lipinski definition) is 0. The summed E-state index contributed by atoms with van der Waals surface area (Å²) in [6.45, 7) is 5.33. The van der Waals surface area contributed by atoms with Gasteiger partial charge < -0.3 is 9.47 Å². The molecule has 6 nitrogen and oxygen atoms in total. The van der Waals surface area contributed by atoms with Crippen LogP contribution in [-0.4, -0.2) is 33.0 Å². The van der Waals surface area contributed by atoms with Crippen LogP contribution in [0.2, 0.25) is 0 Å². The van der Waals surface area contributed by atoms with E-state index >= 15 is 0 Å². The number of aromatic nitrogens is 4. The Hall–Kier alpha value is -1.85. The molecule has 0 aliphatic carbocycles. The molecule has 0 atom stereocenters. The van der Waals surface area contributed by atoms with E-state index in [0.717, 1.165) is 12.8 Å². The molecule has 0 aliphatic heterocycles. The number of hydrogen-bond acceptors (Lipinski definition) is 5. The van der Waals surface area contributed by atoms with Crippen molar-refractivity contribution in [2.75, 3.05) is 13.2 Å². The van der Waals surface area contributed by atoms with Crippen LogP contribution < -0.4 is 9.47 Å². The predicted molar refractivity (Wildman–Crippen MR) is 62.4 cm³/mol. The Bertz CT molecular complexity index is 483. The van der Waals surface area contributed by atoms with Gasteiger partial charge in [0.1, 0.15) is 0 Å². The normalized spacial score (nSPS) is 10.7. The van der Waals surface area contributed by atoms with Gasteiger partial charge in [0, 0.05) is 6.07 Å². The van der Waals surface area contributed by atoms with Crippen molar-refractivity contribution >= 4 is 5.65 Å². The summed E-state index contributed by atoms with van der Waals surface area (Å²) in [5.41, 5.74) is 0.653. The van der Waals surface area contributed by atoms with E-state index in [1.54, 1.807) is 10.6 Å². The first kappa shape index (κ1) is 11.6. The Kier molecular flexibility index (Phi) is 3.74. The average molecular weight is 236 g/mol. The van der Waals surface area contributed by atoms with E-state index in [1.807, 2.05) is 19.9 Å². The molecule has 6 heteroatoms. The van der Waals surface area contributed by atoms with Crippen molar-refractivity contribution in [1.29, 1.82) is 0 Å². The maximum Gasteiger partial charge on any atom is 0.339 e. The molecule has 0 N–H and O–H groups in total. The molecular formula is C11H16N4O2. The number of fused-ring (bicyclic) bond motifs is 1. The van der Waals surface area contributed by atoms with Crippen molar-refractivity contribution < 1.29 is 9.47 Å². The molecular weight excluding hydrogens is 220 g/mol. The zero-order valence-electron chi connectivity index (χ0n) is 10.1. The standard InChI is InChI=1S/C11H16N4O2/c1-3-7-16-10-6-5-9-12-13-11(15(9)14-10)17-8-4-2/h5-6H,3-4,7-8H2,1-2H3. The minimum absolute atomic E-state index is 0.406. The molecule has 2 aromatic rings. The fraction of sp³-hybridized carbons (Fsp3) is 0.545. The first-order chi connectivity index (χ1) is 8.35. The van der Waals surface area contributed by atoms with E-state index in [4.69, 9.17) is 9.47 Å². The van der Waals surface area contributed by atoms with Gasteiger partial charge in [-0.05, 0) is 18.9 Å². The van der Waals surface area contributed by atoms with Crippen LogP contribution in [0.4, 0.5) is 0 Å². The molecule has 0 saturated carbocycles. The second-order valence-corrected chi connectivity index (χ2v) is 3.62. The van der Waals surface area contributed by atoms with E-state index in [-0.39, 0.29) is 0 Å². The summed E-state index contributed by atoms with van der Waals surface area (Å²) in [6.07, 6.45) is 1.86. The lowest BCUT2D eigenvalue weighted by molar-refractivity contribution is 0.275. The second kappa shape index (κ2) is 5.47. The monoisotopic (exact) mass is 236 g/mol. The number of nitrogens with zero attached hydrogens (tertiary/aromatic N) is 4. The molecule has 92 valence electrons. The molecule has 0 fully saturated rings. The number of ether oxygens (including phenoxy) is 2. The highest BCUT2D eigenvalue weighted by Crippen LogP contribution is 2.13. The minimum Gasteiger partial charge on any atom is -0.477 e. The molecule has 0 bridgehead atoms. The molecule has 0 amide bonds. The zero-order valence-corrected chi connectivity index (χ0v) is 10.1. The van der Waals surface area contributed by atoms with Crippen molar-refractivity contribution in [1.82, 2.24) is 19.8 Å². The summed E-state index contributed by atoms with van der Waals surface area (Å²) in [6, 6.07) is 4.00. The van der Waals surface area contributed by atoms with E-state index in [1.165, 1.54) is 0 Å². The van der Waals surface area contributed by atoms with Gasteiger partial charge in [-0.3, -0.25) is 0 Å². The molecule has 0 radical (unpaired) electrons. The lowest BCUT2D eigenvalue weighted by Crippen LogP contribution is -2.04. The van der Waals surface area contributed by atoms with Crippen molar-refractivity contribution in [3.05, 3.63) is 12.1 Å². The van der Waals surface area contributed by atoms with Gasteiger partial charge in [0.05, 0.1) is 13.2 Å². The number of rotatable bonds is 6. The van der Waals surface area contributed by atoms with Crippen LogP contribution in [0.1, 0.15) is 26.7 Å². The van der Waals surface area contributed by atoms with Crippen LogP contribution in [0.25, 0.3) is 5.65 Å². The molecule has 0 saturated heterocycles. The summed E-state index contributed by atoms with van der Waals surface area (Å²) in [4.78, 5) is 0. The maximum absolute atomic E-state index is 5.45. The summed E-state index contributed by atoms with van der Waals surface area (Å²) < 4.78 is 12.4. The quantitative estimate of drug-likeness (QED) is 0.764. The smallest absolute Gasteiger partial charge is 0.339 e. The van der Waals surface area contributed by atoms with Crippen LogP contribution in [0.3, 0.4) is 0 Å². The molecule has 0 spiro atoms. The average Bonchev–Trinajstić information content (AvgIpc) is 2.76.